The zero-order valence-electron chi connectivity index (χ0n) is 26.2. The summed E-state index contributed by atoms with van der Waals surface area (Å²) < 4.78 is 4.93. The minimum Gasteiger partial charge on any atom is -0.307 e. The Labute approximate surface area is 278 Å². The minimum absolute atomic E-state index is 1.15. The zero-order chi connectivity index (χ0) is 31.6. The van der Waals surface area contributed by atoms with E-state index in [0.717, 1.165) is 11.4 Å². The van der Waals surface area contributed by atoms with Crippen LogP contribution >= 0.6 is 0 Å². The van der Waals surface area contributed by atoms with Crippen molar-refractivity contribution in [2.75, 3.05) is 0 Å². The largest absolute Gasteiger partial charge is 0.307 e. The van der Waals surface area contributed by atoms with Gasteiger partial charge in [-0.1, -0.05) is 133 Å². The summed E-state index contributed by atoms with van der Waals surface area (Å²) in [7, 11) is 0. The Balaban J connectivity index is 1.29. The maximum Gasteiger partial charge on any atom is 0.0803 e. The van der Waals surface area contributed by atoms with Crippen LogP contribution in [0, 0.1) is 0 Å². The number of aromatic nitrogens is 2. The molecule has 2 aromatic heterocycles. The van der Waals surface area contributed by atoms with Crippen molar-refractivity contribution in [3.8, 4) is 33.6 Å². The summed E-state index contributed by atoms with van der Waals surface area (Å²) in [5, 5.41) is 7.47. The van der Waals surface area contributed by atoms with Crippen molar-refractivity contribution in [3.05, 3.63) is 182 Å². The zero-order valence-corrected chi connectivity index (χ0v) is 26.2. The van der Waals surface area contributed by atoms with Crippen molar-refractivity contribution in [2.24, 2.45) is 0 Å². The summed E-state index contributed by atoms with van der Waals surface area (Å²) in [5.41, 5.74) is 12.0. The lowest BCUT2D eigenvalue weighted by atomic mass is 10.0. The predicted octanol–water partition coefficient (Wildman–Crippen LogP) is 12.4. The molecule has 0 aliphatic rings. The molecular weight excluding hydrogens is 581 g/mol. The summed E-state index contributed by atoms with van der Waals surface area (Å²) in [6, 6.07) is 66.3. The van der Waals surface area contributed by atoms with Gasteiger partial charge in [0.15, 0.2) is 0 Å². The molecule has 0 unspecified atom stereocenters. The number of para-hydroxylation sites is 2. The Morgan fingerprint density at radius 2 is 0.625 bits per heavy atom. The molecule has 0 bridgehead atoms. The van der Waals surface area contributed by atoms with Crippen LogP contribution in [-0.4, -0.2) is 9.13 Å². The van der Waals surface area contributed by atoms with Gasteiger partial charge in [-0.15, -0.1) is 0 Å². The van der Waals surface area contributed by atoms with Crippen molar-refractivity contribution in [3.63, 3.8) is 0 Å². The molecular formula is C46H30N2. The normalized spacial score (nSPS) is 11.8. The van der Waals surface area contributed by atoms with Crippen LogP contribution in [0.4, 0.5) is 0 Å². The third kappa shape index (κ3) is 4.13. The van der Waals surface area contributed by atoms with Gasteiger partial charge in [0.1, 0.15) is 0 Å². The lowest BCUT2D eigenvalue weighted by Crippen LogP contribution is -1.94. The Hall–Kier alpha value is -6.38. The van der Waals surface area contributed by atoms with E-state index in [1.165, 1.54) is 76.6 Å². The second-order valence-electron chi connectivity index (χ2n) is 12.6. The van der Waals surface area contributed by atoms with Crippen LogP contribution in [0.15, 0.2) is 182 Å². The van der Waals surface area contributed by atoms with Crippen molar-refractivity contribution < 1.29 is 0 Å². The molecule has 0 amide bonds. The molecule has 0 aliphatic heterocycles. The Bertz CT molecular complexity index is 2620. The molecule has 2 heteroatoms. The topological polar surface area (TPSA) is 9.86 Å². The molecule has 0 spiro atoms. The number of hydrogen-bond donors (Lipinski definition) is 0. The first-order valence-corrected chi connectivity index (χ1v) is 16.5. The second-order valence-corrected chi connectivity index (χ2v) is 12.6. The maximum atomic E-state index is 2.46. The summed E-state index contributed by atoms with van der Waals surface area (Å²) in [4.78, 5) is 0. The Morgan fingerprint density at radius 1 is 0.271 bits per heavy atom. The van der Waals surface area contributed by atoms with Gasteiger partial charge >= 0.3 is 0 Å². The Morgan fingerprint density at radius 3 is 1.06 bits per heavy atom. The quantitative estimate of drug-likeness (QED) is 0.188. The van der Waals surface area contributed by atoms with Crippen molar-refractivity contribution in [1.82, 2.24) is 9.13 Å². The molecule has 0 atom stereocenters. The van der Waals surface area contributed by atoms with Gasteiger partial charge in [0, 0.05) is 22.1 Å². The van der Waals surface area contributed by atoms with E-state index < -0.39 is 0 Å². The number of nitrogens with zero attached hydrogens (tertiary/aromatic N) is 2. The average Bonchev–Trinajstić information content (AvgIpc) is 3.66. The monoisotopic (exact) mass is 610 g/mol. The Kier molecular flexibility index (Phi) is 5.91. The highest BCUT2D eigenvalue weighted by Gasteiger charge is 2.23. The number of fused-ring (bicyclic) bond motifs is 7. The van der Waals surface area contributed by atoms with Crippen LogP contribution in [0.5, 0.6) is 0 Å². The first kappa shape index (κ1) is 26.8. The van der Waals surface area contributed by atoms with E-state index in [4.69, 9.17) is 0 Å². The van der Waals surface area contributed by atoms with Gasteiger partial charge in [0.05, 0.1) is 22.1 Å². The third-order valence-corrected chi connectivity index (χ3v) is 9.85. The van der Waals surface area contributed by atoms with Gasteiger partial charge in [-0.25, -0.2) is 0 Å². The molecule has 2 heterocycles. The van der Waals surface area contributed by atoms with E-state index in [1.54, 1.807) is 0 Å². The molecule has 48 heavy (non-hydrogen) atoms. The maximum absolute atomic E-state index is 2.46. The fraction of sp³-hybridized carbons (Fsp3) is 0. The van der Waals surface area contributed by atoms with Crippen LogP contribution < -0.4 is 0 Å². The molecule has 0 aliphatic carbocycles. The van der Waals surface area contributed by atoms with Gasteiger partial charge in [-0.05, 0) is 92.3 Å². The summed E-state index contributed by atoms with van der Waals surface area (Å²) in [6.45, 7) is 0. The summed E-state index contributed by atoms with van der Waals surface area (Å²) in [6.07, 6.45) is 0. The van der Waals surface area contributed by atoms with E-state index in [1.807, 2.05) is 0 Å². The highest BCUT2D eigenvalue weighted by atomic mass is 15.1. The van der Waals surface area contributed by atoms with Crippen molar-refractivity contribution in [2.45, 2.75) is 0 Å². The van der Waals surface area contributed by atoms with E-state index in [-0.39, 0.29) is 0 Å². The van der Waals surface area contributed by atoms with Crippen molar-refractivity contribution in [1.29, 1.82) is 0 Å². The second kappa shape index (κ2) is 10.6. The summed E-state index contributed by atoms with van der Waals surface area (Å²) in [5.74, 6) is 0. The van der Waals surface area contributed by atoms with E-state index >= 15 is 0 Å². The first-order valence-electron chi connectivity index (χ1n) is 16.5. The lowest BCUT2D eigenvalue weighted by molar-refractivity contribution is 1.17. The molecule has 224 valence electrons. The predicted molar refractivity (Wildman–Crippen MR) is 203 cm³/mol. The van der Waals surface area contributed by atoms with Gasteiger partial charge < -0.3 is 9.13 Å². The number of hydrogen-bond acceptors (Lipinski definition) is 0. The molecule has 10 aromatic rings. The minimum atomic E-state index is 1.15. The molecule has 0 fully saturated rings. The number of benzene rings is 8. The van der Waals surface area contributed by atoms with Crippen LogP contribution in [0.1, 0.15) is 0 Å². The molecule has 0 saturated carbocycles. The van der Waals surface area contributed by atoms with Gasteiger partial charge in [-0.2, -0.15) is 0 Å². The molecule has 2 nitrogen and oxygen atoms in total. The third-order valence-electron chi connectivity index (χ3n) is 9.85. The van der Waals surface area contributed by atoms with Crippen LogP contribution in [0.25, 0.3) is 88.0 Å². The standard InChI is InChI=1S/C46H30N2/c1-3-15-39(16-4-1)47-43-29-37(35-21-19-31-11-7-9-13-33(31)27-35)23-25-41(43)46-45(47)42-26-24-38(30-44(42)48(46)40-17-5-2-6-18-40)36-22-20-32-12-8-10-14-34(32)28-36/h1-30H. The van der Waals surface area contributed by atoms with Crippen LogP contribution in [-0.2, 0) is 0 Å². The van der Waals surface area contributed by atoms with Gasteiger partial charge in [0.2, 0.25) is 0 Å². The molecule has 8 aromatic carbocycles. The molecule has 0 radical (unpaired) electrons. The van der Waals surface area contributed by atoms with E-state index in [2.05, 4.69) is 191 Å². The highest BCUT2D eigenvalue weighted by Crippen LogP contribution is 2.43. The van der Waals surface area contributed by atoms with E-state index in [9.17, 15) is 0 Å². The van der Waals surface area contributed by atoms with Crippen LogP contribution in [0.3, 0.4) is 0 Å². The fourth-order valence-electron chi connectivity index (χ4n) is 7.57. The molecule has 10 rings (SSSR count). The van der Waals surface area contributed by atoms with Crippen LogP contribution in [0.2, 0.25) is 0 Å². The van der Waals surface area contributed by atoms with Gasteiger partial charge in [0.25, 0.3) is 0 Å². The van der Waals surface area contributed by atoms with Crippen molar-refractivity contribution >= 4 is 54.4 Å². The number of rotatable bonds is 4. The van der Waals surface area contributed by atoms with Gasteiger partial charge in [-0.3, -0.25) is 0 Å². The molecule has 0 saturated heterocycles. The lowest BCUT2D eigenvalue weighted by Gasteiger charge is -2.12. The molecule has 0 N–H and O–H groups in total. The van der Waals surface area contributed by atoms with E-state index in [0.29, 0.717) is 0 Å². The smallest absolute Gasteiger partial charge is 0.0803 e. The highest BCUT2D eigenvalue weighted by molar-refractivity contribution is 6.20. The average molecular weight is 611 g/mol. The fourth-order valence-corrected chi connectivity index (χ4v) is 7.57. The summed E-state index contributed by atoms with van der Waals surface area (Å²) >= 11 is 0. The SMILES string of the molecule is c1ccc(-n2c3cc(-c4ccc5ccccc5c4)ccc3c3c2c2ccc(-c4ccc5ccccc5c4)cc2n3-c2ccccc2)cc1. The first-order chi connectivity index (χ1) is 23.8.